The van der Waals surface area contributed by atoms with E-state index in [1.165, 1.54) is 18.2 Å². The summed E-state index contributed by atoms with van der Waals surface area (Å²) in [6.45, 7) is 5.59. The van der Waals surface area contributed by atoms with Crippen LogP contribution in [0.5, 0.6) is 0 Å². The number of ether oxygens (including phenoxy) is 4. The van der Waals surface area contributed by atoms with Crippen molar-refractivity contribution in [1.82, 2.24) is 5.32 Å². The first-order valence-corrected chi connectivity index (χ1v) is 10.8. The Morgan fingerprint density at radius 1 is 1.00 bits per heavy atom. The fourth-order valence-electron chi connectivity index (χ4n) is 3.52. The Labute approximate surface area is 192 Å². The molecule has 0 saturated heterocycles. The van der Waals surface area contributed by atoms with Crippen LogP contribution < -0.4 is 5.32 Å². The average Bonchev–Trinajstić information content (AvgIpc) is 2.79. The van der Waals surface area contributed by atoms with Crippen LogP contribution in [-0.4, -0.2) is 31.0 Å². The zero-order valence-electron chi connectivity index (χ0n) is 19.3. The number of unbranched alkanes of at least 4 members (excludes halogenated alkanes) is 4. The van der Waals surface area contributed by atoms with E-state index in [4.69, 9.17) is 14.2 Å². The molecule has 0 fully saturated rings. The molecule has 1 aliphatic rings. The van der Waals surface area contributed by atoms with Crippen molar-refractivity contribution >= 4 is 18.0 Å². The fourth-order valence-corrected chi connectivity index (χ4v) is 3.52. The van der Waals surface area contributed by atoms with Crippen LogP contribution in [0.15, 0.2) is 47.2 Å². The number of allylic oxidation sites excluding steroid dienone is 2. The minimum Gasteiger partial charge on any atom is -0.437 e. The van der Waals surface area contributed by atoms with Crippen molar-refractivity contribution < 1.29 is 33.5 Å². The SMILES string of the molecule is CCCCCCCOC(=O)OC1=C(C)NC(C)=C(OC(=O)OC)C1c1ccccc1[N+](=O)[O-]. The van der Waals surface area contributed by atoms with Gasteiger partial charge in [-0.1, -0.05) is 50.8 Å². The largest absolute Gasteiger partial charge is 0.513 e. The summed E-state index contributed by atoms with van der Waals surface area (Å²) >= 11 is 0. The molecule has 0 amide bonds. The van der Waals surface area contributed by atoms with Gasteiger partial charge in [-0.2, -0.15) is 0 Å². The second-order valence-electron chi connectivity index (χ2n) is 7.52. The first-order chi connectivity index (χ1) is 15.8. The third kappa shape index (κ3) is 6.96. The maximum absolute atomic E-state index is 12.4. The van der Waals surface area contributed by atoms with E-state index < -0.39 is 23.2 Å². The van der Waals surface area contributed by atoms with Crippen LogP contribution in [0.1, 0.15) is 64.4 Å². The van der Waals surface area contributed by atoms with Gasteiger partial charge < -0.3 is 24.3 Å². The Bertz CT molecular complexity index is 938. The number of dihydropyridines is 1. The molecule has 0 aliphatic carbocycles. The molecular weight excluding hydrogens is 432 g/mol. The van der Waals surface area contributed by atoms with Gasteiger partial charge in [0.05, 0.1) is 30.0 Å². The van der Waals surface area contributed by atoms with E-state index in [-0.39, 0.29) is 29.4 Å². The van der Waals surface area contributed by atoms with Crippen molar-refractivity contribution in [1.29, 1.82) is 0 Å². The van der Waals surface area contributed by atoms with E-state index in [0.29, 0.717) is 17.8 Å². The number of nitro groups is 1. The molecule has 1 aromatic carbocycles. The molecule has 180 valence electrons. The lowest BCUT2D eigenvalue weighted by Gasteiger charge is -2.29. The molecule has 0 radical (unpaired) electrons. The van der Waals surface area contributed by atoms with Crippen LogP contribution in [-0.2, 0) is 18.9 Å². The Kier molecular flexibility index (Phi) is 9.71. The number of methoxy groups -OCH3 is 1. The maximum Gasteiger partial charge on any atom is 0.513 e. The maximum atomic E-state index is 12.4. The molecule has 0 aromatic heterocycles. The van der Waals surface area contributed by atoms with Crippen LogP contribution >= 0.6 is 0 Å². The molecule has 33 heavy (non-hydrogen) atoms. The highest BCUT2D eigenvalue weighted by Crippen LogP contribution is 2.42. The van der Waals surface area contributed by atoms with Gasteiger partial charge in [-0.25, -0.2) is 9.59 Å². The van der Waals surface area contributed by atoms with E-state index >= 15 is 0 Å². The van der Waals surface area contributed by atoms with Gasteiger partial charge in [0, 0.05) is 11.6 Å². The van der Waals surface area contributed by atoms with Crippen LogP contribution in [0.4, 0.5) is 15.3 Å². The molecule has 1 atom stereocenters. The Morgan fingerprint density at radius 3 is 2.21 bits per heavy atom. The summed E-state index contributed by atoms with van der Waals surface area (Å²) in [4.78, 5) is 35.4. The van der Waals surface area contributed by atoms with E-state index in [2.05, 4.69) is 17.0 Å². The number of rotatable bonds is 10. The Balaban J connectivity index is 2.33. The number of nitrogens with one attached hydrogen (secondary N) is 1. The standard InChI is InChI=1S/C23H30N2O8/c1-5-6-7-8-11-14-31-23(27)33-21-16(3)24-15(2)20(32-22(26)30-4)19(21)17-12-9-10-13-18(17)25(28)29/h9-10,12-13,19,24H,5-8,11,14H2,1-4H3. The third-order valence-corrected chi connectivity index (χ3v) is 5.10. The summed E-state index contributed by atoms with van der Waals surface area (Å²) in [7, 11) is 1.14. The summed E-state index contributed by atoms with van der Waals surface area (Å²) in [5, 5.41) is 14.7. The number of hydrogen-bond donors (Lipinski definition) is 1. The second-order valence-corrected chi connectivity index (χ2v) is 7.52. The van der Waals surface area contributed by atoms with E-state index in [0.717, 1.165) is 32.8 Å². The van der Waals surface area contributed by atoms with Crippen LogP contribution in [0, 0.1) is 10.1 Å². The van der Waals surface area contributed by atoms with Gasteiger partial charge in [0.2, 0.25) is 0 Å². The van der Waals surface area contributed by atoms with E-state index in [1.807, 2.05) is 0 Å². The lowest BCUT2D eigenvalue weighted by molar-refractivity contribution is -0.385. The summed E-state index contributed by atoms with van der Waals surface area (Å²) in [6.07, 6.45) is 2.97. The molecule has 1 unspecified atom stereocenters. The highest BCUT2D eigenvalue weighted by Gasteiger charge is 2.38. The summed E-state index contributed by atoms with van der Waals surface area (Å²) < 4.78 is 20.6. The monoisotopic (exact) mass is 462 g/mol. The van der Waals surface area contributed by atoms with Crippen LogP contribution in [0.3, 0.4) is 0 Å². The minimum atomic E-state index is -1.05. The molecule has 1 heterocycles. The molecule has 0 saturated carbocycles. The second kappa shape index (κ2) is 12.5. The first kappa shape index (κ1) is 25.7. The smallest absolute Gasteiger partial charge is 0.437 e. The molecule has 2 rings (SSSR count). The van der Waals surface area contributed by atoms with Crippen molar-refractivity contribution in [2.24, 2.45) is 0 Å². The lowest BCUT2D eigenvalue weighted by atomic mass is 9.89. The van der Waals surface area contributed by atoms with Crippen molar-refractivity contribution in [3.63, 3.8) is 0 Å². The van der Waals surface area contributed by atoms with E-state index in [9.17, 15) is 19.7 Å². The topological polar surface area (TPSA) is 126 Å². The lowest BCUT2D eigenvalue weighted by Crippen LogP contribution is -2.29. The highest BCUT2D eigenvalue weighted by molar-refractivity contribution is 5.65. The number of nitrogens with zero attached hydrogens (tertiary/aromatic N) is 1. The summed E-state index contributed by atoms with van der Waals surface area (Å²) in [5.74, 6) is -1.00. The zero-order valence-corrected chi connectivity index (χ0v) is 19.3. The minimum absolute atomic E-state index is 0.0177. The predicted molar refractivity (Wildman–Crippen MR) is 119 cm³/mol. The first-order valence-electron chi connectivity index (χ1n) is 10.8. The van der Waals surface area contributed by atoms with Gasteiger partial charge in [-0.05, 0) is 20.3 Å². The third-order valence-electron chi connectivity index (χ3n) is 5.10. The van der Waals surface area contributed by atoms with E-state index in [1.54, 1.807) is 19.9 Å². The van der Waals surface area contributed by atoms with Gasteiger partial charge >= 0.3 is 12.3 Å². The molecule has 10 heteroatoms. The molecule has 1 N–H and O–H groups in total. The normalized spacial score (nSPS) is 15.6. The number of benzene rings is 1. The number of hydrogen-bond acceptors (Lipinski definition) is 9. The molecule has 0 spiro atoms. The van der Waals surface area contributed by atoms with Gasteiger partial charge in [0.1, 0.15) is 17.4 Å². The molecule has 1 aromatic rings. The van der Waals surface area contributed by atoms with Crippen molar-refractivity contribution in [3.05, 3.63) is 62.9 Å². The summed E-state index contributed by atoms with van der Waals surface area (Å²) in [6, 6.07) is 5.96. The fraction of sp³-hybridized carbons (Fsp3) is 0.478. The van der Waals surface area contributed by atoms with Gasteiger partial charge in [0.25, 0.3) is 5.69 Å². The quantitative estimate of drug-likeness (QED) is 0.203. The average molecular weight is 462 g/mol. The highest BCUT2D eigenvalue weighted by atomic mass is 16.7. The Morgan fingerprint density at radius 2 is 1.61 bits per heavy atom. The zero-order chi connectivity index (χ0) is 24.4. The van der Waals surface area contributed by atoms with Crippen LogP contribution in [0.2, 0.25) is 0 Å². The number of nitro benzene ring substituents is 1. The van der Waals surface area contributed by atoms with Gasteiger partial charge in [-0.3, -0.25) is 10.1 Å². The van der Waals surface area contributed by atoms with Crippen LogP contribution in [0.25, 0.3) is 0 Å². The van der Waals surface area contributed by atoms with Crippen molar-refractivity contribution in [3.8, 4) is 0 Å². The summed E-state index contributed by atoms with van der Waals surface area (Å²) in [5.41, 5.74) is 0.802. The number of carbonyl (C=O) groups is 2. The number of carbonyl (C=O) groups excluding carboxylic acids is 2. The molecule has 1 aliphatic heterocycles. The van der Waals surface area contributed by atoms with Crippen molar-refractivity contribution in [2.45, 2.75) is 58.8 Å². The molecule has 0 bridgehead atoms. The molecular formula is C23H30N2O8. The number of para-hydroxylation sites is 1. The van der Waals surface area contributed by atoms with Crippen molar-refractivity contribution in [2.75, 3.05) is 13.7 Å². The van der Waals surface area contributed by atoms with Gasteiger partial charge in [-0.15, -0.1) is 0 Å². The molecule has 10 nitrogen and oxygen atoms in total. The predicted octanol–water partition coefficient (Wildman–Crippen LogP) is 5.65. The van der Waals surface area contributed by atoms with Gasteiger partial charge in [0.15, 0.2) is 0 Å². The Hall–Kier alpha value is -3.56.